The first-order valence-electron chi connectivity index (χ1n) is 7.63. The minimum absolute atomic E-state index is 0.266. The number of amides is 2. The fourth-order valence-electron chi connectivity index (χ4n) is 2.12. The molecule has 0 bridgehead atoms. The number of aliphatic hydroxyl groups excluding tert-OH is 1. The van der Waals surface area contributed by atoms with Gasteiger partial charge in [-0.25, -0.2) is 4.79 Å². The maximum atomic E-state index is 12.1. The number of hydrogen-bond donors (Lipinski definition) is 2. The Bertz CT molecular complexity index is 520. The second kappa shape index (κ2) is 7.70. The third-order valence-corrected chi connectivity index (χ3v) is 3.91. The minimum Gasteiger partial charge on any atom is -0.492 e. The van der Waals surface area contributed by atoms with Gasteiger partial charge in [0.2, 0.25) is 0 Å². The molecule has 1 unspecified atom stereocenters. The van der Waals surface area contributed by atoms with E-state index in [0.717, 1.165) is 19.3 Å². The fourth-order valence-corrected chi connectivity index (χ4v) is 2.36. The lowest BCUT2D eigenvalue weighted by atomic mass is 10.2. The Morgan fingerprint density at radius 1 is 1.55 bits per heavy atom. The van der Waals surface area contributed by atoms with E-state index in [1.165, 1.54) is 4.90 Å². The molecule has 0 saturated heterocycles. The van der Waals surface area contributed by atoms with Crippen molar-refractivity contribution in [2.24, 2.45) is 5.92 Å². The molecule has 5 nitrogen and oxygen atoms in total. The van der Waals surface area contributed by atoms with Crippen molar-refractivity contribution in [1.29, 1.82) is 0 Å². The number of hydrogen-bond acceptors (Lipinski definition) is 3. The first kappa shape index (κ1) is 16.9. The van der Waals surface area contributed by atoms with E-state index in [4.69, 9.17) is 16.3 Å². The maximum absolute atomic E-state index is 12.1. The molecule has 1 aromatic carbocycles. The van der Waals surface area contributed by atoms with E-state index in [0.29, 0.717) is 35.5 Å². The highest BCUT2D eigenvalue weighted by molar-refractivity contribution is 6.32. The lowest BCUT2D eigenvalue weighted by Crippen LogP contribution is -2.38. The molecular formula is C16H23ClN2O3. The molecule has 0 aromatic heterocycles. The summed E-state index contributed by atoms with van der Waals surface area (Å²) in [5.74, 6) is 0.957. The summed E-state index contributed by atoms with van der Waals surface area (Å²) in [5.41, 5.74) is 0.603. The highest BCUT2D eigenvalue weighted by Gasteiger charge is 2.31. The van der Waals surface area contributed by atoms with Gasteiger partial charge in [-0.1, -0.05) is 18.5 Å². The number of urea groups is 1. The first-order valence-corrected chi connectivity index (χ1v) is 8.01. The third kappa shape index (κ3) is 4.78. The molecule has 1 saturated carbocycles. The van der Waals surface area contributed by atoms with Crippen LogP contribution in [-0.2, 0) is 0 Å². The Labute approximate surface area is 136 Å². The predicted octanol–water partition coefficient (Wildman–Crippen LogP) is 3.36. The van der Waals surface area contributed by atoms with Crippen molar-refractivity contribution in [1.82, 2.24) is 4.90 Å². The Morgan fingerprint density at radius 3 is 2.86 bits per heavy atom. The van der Waals surface area contributed by atoms with Gasteiger partial charge in [-0.3, -0.25) is 0 Å². The summed E-state index contributed by atoms with van der Waals surface area (Å²) in [5, 5.41) is 13.1. The zero-order valence-electron chi connectivity index (χ0n) is 13.0. The Morgan fingerprint density at radius 2 is 2.27 bits per heavy atom. The molecule has 1 fully saturated rings. The zero-order chi connectivity index (χ0) is 16.1. The molecule has 6 heteroatoms. The van der Waals surface area contributed by atoms with Crippen LogP contribution in [0, 0.1) is 5.92 Å². The lowest BCUT2D eigenvalue weighted by Gasteiger charge is -2.21. The van der Waals surface area contributed by atoms with Gasteiger partial charge >= 0.3 is 6.03 Å². The zero-order valence-corrected chi connectivity index (χ0v) is 13.8. The van der Waals surface area contributed by atoms with Gasteiger partial charge in [0.1, 0.15) is 5.75 Å². The van der Waals surface area contributed by atoms with Crippen LogP contribution < -0.4 is 10.1 Å². The molecule has 2 N–H and O–H groups in total. The minimum atomic E-state index is -0.441. The topological polar surface area (TPSA) is 61.8 Å². The van der Waals surface area contributed by atoms with Gasteiger partial charge in [0.05, 0.1) is 17.7 Å². The van der Waals surface area contributed by atoms with Gasteiger partial charge < -0.3 is 20.1 Å². The number of ether oxygens (including phenoxy) is 1. The molecule has 1 aliphatic carbocycles. The van der Waals surface area contributed by atoms with Gasteiger partial charge in [0.15, 0.2) is 0 Å². The van der Waals surface area contributed by atoms with Gasteiger partial charge in [-0.2, -0.15) is 0 Å². The number of benzene rings is 1. The number of carbonyl (C=O) groups is 1. The van der Waals surface area contributed by atoms with E-state index < -0.39 is 6.10 Å². The van der Waals surface area contributed by atoms with Gasteiger partial charge in [-0.15, -0.1) is 0 Å². The molecule has 2 amide bonds. The fraction of sp³-hybridized carbons (Fsp3) is 0.562. The SMILES string of the molecule is CCCOc1ccc(NC(=O)N(C)CC(O)C2CC2)cc1Cl. The van der Waals surface area contributed by atoms with Crippen LogP contribution in [0.3, 0.4) is 0 Å². The van der Waals surface area contributed by atoms with Crippen molar-refractivity contribution in [3.05, 3.63) is 23.2 Å². The van der Waals surface area contributed by atoms with Crippen LogP contribution in [0.25, 0.3) is 0 Å². The van der Waals surface area contributed by atoms with Crippen LogP contribution in [0.2, 0.25) is 5.02 Å². The molecule has 122 valence electrons. The van der Waals surface area contributed by atoms with E-state index in [-0.39, 0.29) is 6.03 Å². The molecule has 2 rings (SSSR count). The number of anilines is 1. The highest BCUT2D eigenvalue weighted by Crippen LogP contribution is 2.33. The summed E-state index contributed by atoms with van der Waals surface area (Å²) in [4.78, 5) is 13.6. The van der Waals surface area contributed by atoms with Crippen molar-refractivity contribution in [2.75, 3.05) is 25.5 Å². The smallest absolute Gasteiger partial charge is 0.321 e. The van der Waals surface area contributed by atoms with Crippen molar-refractivity contribution in [3.8, 4) is 5.75 Å². The van der Waals surface area contributed by atoms with Crippen molar-refractivity contribution < 1.29 is 14.6 Å². The average molecular weight is 327 g/mol. The standard InChI is InChI=1S/C16H23ClN2O3/c1-3-8-22-15-7-6-12(9-13(15)17)18-16(21)19(2)10-14(20)11-4-5-11/h6-7,9,11,14,20H,3-5,8,10H2,1-2H3,(H,18,21). The predicted molar refractivity (Wildman–Crippen MR) is 87.6 cm³/mol. The van der Waals surface area contributed by atoms with Crippen molar-refractivity contribution in [3.63, 3.8) is 0 Å². The summed E-state index contributed by atoms with van der Waals surface area (Å²) in [6.45, 7) is 2.96. The monoisotopic (exact) mass is 326 g/mol. The maximum Gasteiger partial charge on any atom is 0.321 e. The molecule has 0 heterocycles. The summed E-state index contributed by atoms with van der Waals surface area (Å²) >= 11 is 6.13. The number of halogens is 1. The number of rotatable bonds is 7. The second-order valence-corrected chi connectivity index (χ2v) is 6.12. The molecule has 0 radical (unpaired) electrons. The van der Waals surface area contributed by atoms with Crippen LogP contribution in [0.4, 0.5) is 10.5 Å². The van der Waals surface area contributed by atoms with E-state index >= 15 is 0 Å². The number of aliphatic hydroxyl groups is 1. The summed E-state index contributed by atoms with van der Waals surface area (Å²) in [6.07, 6.45) is 2.56. The van der Waals surface area contributed by atoms with Crippen LogP contribution in [0.1, 0.15) is 26.2 Å². The first-order chi connectivity index (χ1) is 10.5. The van der Waals surface area contributed by atoms with Crippen LogP contribution in [0.15, 0.2) is 18.2 Å². The third-order valence-electron chi connectivity index (χ3n) is 3.62. The van der Waals surface area contributed by atoms with Crippen LogP contribution >= 0.6 is 11.6 Å². The molecule has 1 aliphatic rings. The normalized spacial score (nSPS) is 15.3. The summed E-state index contributed by atoms with van der Waals surface area (Å²) in [7, 11) is 1.67. The van der Waals surface area contributed by atoms with Crippen LogP contribution in [-0.4, -0.2) is 42.3 Å². The molecule has 0 aliphatic heterocycles. The van der Waals surface area contributed by atoms with Crippen molar-refractivity contribution >= 4 is 23.3 Å². The van der Waals surface area contributed by atoms with E-state index in [1.54, 1.807) is 25.2 Å². The number of likely N-dealkylation sites (N-methyl/N-ethyl adjacent to an activating group) is 1. The van der Waals surface area contributed by atoms with Gasteiger partial charge in [0.25, 0.3) is 0 Å². The van der Waals surface area contributed by atoms with E-state index in [1.807, 2.05) is 6.92 Å². The van der Waals surface area contributed by atoms with Gasteiger partial charge in [0, 0.05) is 19.3 Å². The Kier molecular flexibility index (Phi) is 5.91. The van der Waals surface area contributed by atoms with E-state index in [2.05, 4.69) is 5.32 Å². The number of nitrogens with zero attached hydrogens (tertiary/aromatic N) is 1. The lowest BCUT2D eigenvalue weighted by molar-refractivity contribution is 0.117. The molecule has 1 aromatic rings. The molecule has 22 heavy (non-hydrogen) atoms. The highest BCUT2D eigenvalue weighted by atomic mass is 35.5. The Hall–Kier alpha value is -1.46. The van der Waals surface area contributed by atoms with Crippen LogP contribution in [0.5, 0.6) is 5.75 Å². The summed E-state index contributed by atoms with van der Waals surface area (Å²) < 4.78 is 5.49. The average Bonchev–Trinajstić information content (AvgIpc) is 3.31. The van der Waals surface area contributed by atoms with Gasteiger partial charge in [-0.05, 0) is 43.4 Å². The summed E-state index contributed by atoms with van der Waals surface area (Å²) in [6, 6.07) is 4.89. The quantitative estimate of drug-likeness (QED) is 0.807. The molecule has 0 spiro atoms. The number of nitrogens with one attached hydrogen (secondary N) is 1. The Balaban J connectivity index is 1.88. The molecule has 1 atom stereocenters. The molecular weight excluding hydrogens is 304 g/mol. The van der Waals surface area contributed by atoms with E-state index in [9.17, 15) is 9.90 Å². The second-order valence-electron chi connectivity index (χ2n) is 5.71. The number of carbonyl (C=O) groups excluding carboxylic acids is 1. The van der Waals surface area contributed by atoms with Crippen molar-refractivity contribution in [2.45, 2.75) is 32.3 Å². The largest absolute Gasteiger partial charge is 0.492 e.